The standard InChI is InChI=1S/C15H19NO3S/c1-10(15(18)19)9-16(2)14(17)13-12-6-4-3-5-11(12)7-8-20-13/h3-6,10,13H,7-9H2,1-2H3,(H,18,19)/t10-,13+/m0/s1. The minimum Gasteiger partial charge on any atom is -0.481 e. The molecule has 0 aromatic heterocycles. The number of hydrogen-bond acceptors (Lipinski definition) is 3. The van der Waals surface area contributed by atoms with Crippen LogP contribution in [-0.2, 0) is 16.0 Å². The van der Waals surface area contributed by atoms with Crippen molar-refractivity contribution >= 4 is 23.6 Å². The molecular formula is C15H19NO3S. The van der Waals surface area contributed by atoms with Gasteiger partial charge < -0.3 is 10.0 Å². The lowest BCUT2D eigenvalue weighted by Gasteiger charge is -2.29. The molecule has 1 aliphatic heterocycles. The molecule has 0 fully saturated rings. The third-order valence-electron chi connectivity index (χ3n) is 3.56. The van der Waals surface area contributed by atoms with Crippen molar-refractivity contribution in [3.8, 4) is 0 Å². The van der Waals surface area contributed by atoms with E-state index in [1.807, 2.05) is 18.2 Å². The molecule has 0 saturated heterocycles. The highest BCUT2D eigenvalue weighted by Gasteiger charge is 2.30. The molecular weight excluding hydrogens is 274 g/mol. The van der Waals surface area contributed by atoms with Gasteiger partial charge in [-0.05, 0) is 23.3 Å². The molecule has 20 heavy (non-hydrogen) atoms. The van der Waals surface area contributed by atoms with Crippen LogP contribution in [0.5, 0.6) is 0 Å². The van der Waals surface area contributed by atoms with E-state index in [-0.39, 0.29) is 17.7 Å². The number of carboxylic acids is 1. The molecule has 108 valence electrons. The van der Waals surface area contributed by atoms with E-state index in [1.54, 1.807) is 30.6 Å². The first-order valence-corrected chi connectivity index (χ1v) is 7.72. The molecule has 1 heterocycles. The van der Waals surface area contributed by atoms with Gasteiger partial charge in [0.25, 0.3) is 0 Å². The molecule has 0 saturated carbocycles. The molecule has 0 radical (unpaired) electrons. The lowest BCUT2D eigenvalue weighted by molar-refractivity contribution is -0.142. The number of thioether (sulfide) groups is 1. The van der Waals surface area contributed by atoms with Crippen molar-refractivity contribution < 1.29 is 14.7 Å². The summed E-state index contributed by atoms with van der Waals surface area (Å²) >= 11 is 1.64. The summed E-state index contributed by atoms with van der Waals surface area (Å²) in [5, 5.41) is 8.73. The molecule has 1 aromatic rings. The number of carboxylic acid groups (broad SMARTS) is 1. The van der Waals surface area contributed by atoms with Crippen LogP contribution in [0, 0.1) is 5.92 Å². The van der Waals surface area contributed by atoms with E-state index in [2.05, 4.69) is 6.07 Å². The van der Waals surface area contributed by atoms with Crippen LogP contribution in [0.1, 0.15) is 23.3 Å². The Morgan fingerprint density at radius 1 is 1.45 bits per heavy atom. The summed E-state index contributed by atoms with van der Waals surface area (Å²) in [5.41, 5.74) is 2.30. The Morgan fingerprint density at radius 3 is 2.85 bits per heavy atom. The Balaban J connectivity index is 2.12. The number of nitrogens with zero attached hydrogens (tertiary/aromatic N) is 1. The van der Waals surface area contributed by atoms with E-state index < -0.39 is 11.9 Å². The highest BCUT2D eigenvalue weighted by molar-refractivity contribution is 8.00. The van der Waals surface area contributed by atoms with Crippen LogP contribution in [0.25, 0.3) is 0 Å². The van der Waals surface area contributed by atoms with Crippen molar-refractivity contribution in [3.63, 3.8) is 0 Å². The van der Waals surface area contributed by atoms with Gasteiger partial charge in [0, 0.05) is 13.6 Å². The first-order chi connectivity index (χ1) is 9.50. The molecule has 4 nitrogen and oxygen atoms in total. The van der Waals surface area contributed by atoms with Crippen molar-refractivity contribution in [2.75, 3.05) is 19.3 Å². The van der Waals surface area contributed by atoms with Gasteiger partial charge in [0.2, 0.25) is 5.91 Å². The SMILES string of the molecule is C[C@@H](CN(C)C(=O)[C@@H]1SCCc2ccccc21)C(=O)O. The number of rotatable bonds is 4. The Hall–Kier alpha value is -1.49. The number of likely N-dealkylation sites (N-methyl/N-ethyl adjacent to an activating group) is 1. The topological polar surface area (TPSA) is 57.6 Å². The van der Waals surface area contributed by atoms with E-state index in [0.717, 1.165) is 17.7 Å². The number of carbonyl (C=O) groups excluding carboxylic acids is 1. The van der Waals surface area contributed by atoms with Gasteiger partial charge in [-0.25, -0.2) is 0 Å². The summed E-state index contributed by atoms with van der Waals surface area (Å²) in [6.07, 6.45) is 0.986. The number of carbonyl (C=O) groups is 2. The van der Waals surface area contributed by atoms with Crippen molar-refractivity contribution in [2.45, 2.75) is 18.6 Å². The van der Waals surface area contributed by atoms with Crippen LogP contribution in [0.2, 0.25) is 0 Å². The molecule has 0 bridgehead atoms. The van der Waals surface area contributed by atoms with E-state index in [0.29, 0.717) is 0 Å². The zero-order chi connectivity index (χ0) is 14.7. The van der Waals surface area contributed by atoms with Crippen molar-refractivity contribution in [1.29, 1.82) is 0 Å². The number of amides is 1. The molecule has 2 atom stereocenters. The fourth-order valence-corrected chi connectivity index (χ4v) is 3.68. The van der Waals surface area contributed by atoms with Gasteiger partial charge in [-0.3, -0.25) is 9.59 Å². The molecule has 1 amide bonds. The normalized spacial score (nSPS) is 19.0. The third kappa shape index (κ3) is 3.15. The predicted octanol–water partition coefficient (Wildman–Crippen LogP) is 2.20. The van der Waals surface area contributed by atoms with Crippen molar-refractivity contribution in [3.05, 3.63) is 35.4 Å². The van der Waals surface area contributed by atoms with Crippen LogP contribution in [-0.4, -0.2) is 41.2 Å². The second-order valence-corrected chi connectivity index (χ2v) is 6.37. The van der Waals surface area contributed by atoms with Crippen LogP contribution in [0.3, 0.4) is 0 Å². The largest absolute Gasteiger partial charge is 0.481 e. The zero-order valence-corrected chi connectivity index (χ0v) is 12.5. The number of fused-ring (bicyclic) bond motifs is 1. The second-order valence-electron chi connectivity index (χ2n) is 5.16. The van der Waals surface area contributed by atoms with Crippen LogP contribution < -0.4 is 0 Å². The minimum atomic E-state index is -0.874. The molecule has 5 heteroatoms. The molecule has 1 N–H and O–H groups in total. The monoisotopic (exact) mass is 293 g/mol. The van der Waals surface area contributed by atoms with Gasteiger partial charge >= 0.3 is 5.97 Å². The average Bonchev–Trinajstić information content (AvgIpc) is 2.45. The third-order valence-corrected chi connectivity index (χ3v) is 4.79. The number of benzene rings is 1. The summed E-state index contributed by atoms with van der Waals surface area (Å²) in [5.74, 6) is -0.500. The Labute approximate surface area is 123 Å². The fourth-order valence-electron chi connectivity index (χ4n) is 2.38. The zero-order valence-electron chi connectivity index (χ0n) is 11.7. The first kappa shape index (κ1) is 14.9. The van der Waals surface area contributed by atoms with E-state index in [1.165, 1.54) is 5.56 Å². The maximum Gasteiger partial charge on any atom is 0.308 e. The van der Waals surface area contributed by atoms with Gasteiger partial charge in [0.1, 0.15) is 5.25 Å². The van der Waals surface area contributed by atoms with Crippen LogP contribution >= 0.6 is 11.8 Å². The van der Waals surface area contributed by atoms with Gasteiger partial charge in [-0.1, -0.05) is 31.2 Å². The highest BCUT2D eigenvalue weighted by Crippen LogP contribution is 2.37. The van der Waals surface area contributed by atoms with Gasteiger partial charge in [0.15, 0.2) is 0 Å². The maximum atomic E-state index is 12.5. The minimum absolute atomic E-state index is 0.00440. The summed E-state index contributed by atoms with van der Waals surface area (Å²) < 4.78 is 0. The maximum absolute atomic E-state index is 12.5. The van der Waals surface area contributed by atoms with E-state index in [9.17, 15) is 9.59 Å². The summed E-state index contributed by atoms with van der Waals surface area (Å²) in [6, 6.07) is 8.01. The van der Waals surface area contributed by atoms with Gasteiger partial charge in [0.05, 0.1) is 5.92 Å². The molecule has 0 aliphatic carbocycles. The van der Waals surface area contributed by atoms with Crippen molar-refractivity contribution in [2.24, 2.45) is 5.92 Å². The average molecular weight is 293 g/mol. The smallest absolute Gasteiger partial charge is 0.308 e. The predicted molar refractivity (Wildman–Crippen MR) is 79.8 cm³/mol. The van der Waals surface area contributed by atoms with Gasteiger partial charge in [-0.15, -0.1) is 11.8 Å². The molecule has 2 rings (SSSR count). The lowest BCUT2D eigenvalue weighted by atomic mass is 10.0. The number of aliphatic carboxylic acids is 1. The fraction of sp³-hybridized carbons (Fsp3) is 0.467. The first-order valence-electron chi connectivity index (χ1n) is 6.68. The number of aryl methyl sites for hydroxylation is 1. The summed E-state index contributed by atoms with van der Waals surface area (Å²) in [6.45, 7) is 1.86. The Morgan fingerprint density at radius 2 is 2.15 bits per heavy atom. The number of hydrogen-bond donors (Lipinski definition) is 1. The summed E-state index contributed by atoms with van der Waals surface area (Å²) in [4.78, 5) is 25.0. The van der Waals surface area contributed by atoms with Crippen LogP contribution in [0.15, 0.2) is 24.3 Å². The highest BCUT2D eigenvalue weighted by atomic mass is 32.2. The second kappa shape index (κ2) is 6.31. The Bertz CT molecular complexity index is 518. The molecule has 1 aromatic carbocycles. The van der Waals surface area contributed by atoms with Crippen LogP contribution in [0.4, 0.5) is 0 Å². The molecule has 1 aliphatic rings. The Kier molecular flexibility index (Phi) is 4.70. The summed E-state index contributed by atoms with van der Waals surface area (Å²) in [7, 11) is 1.68. The van der Waals surface area contributed by atoms with Crippen molar-refractivity contribution in [1.82, 2.24) is 4.90 Å². The lowest BCUT2D eigenvalue weighted by Crippen LogP contribution is -2.37. The quantitative estimate of drug-likeness (QED) is 0.924. The van der Waals surface area contributed by atoms with E-state index in [4.69, 9.17) is 5.11 Å². The molecule has 0 spiro atoms. The van der Waals surface area contributed by atoms with E-state index >= 15 is 0 Å². The van der Waals surface area contributed by atoms with Gasteiger partial charge in [-0.2, -0.15) is 0 Å². The molecule has 0 unspecified atom stereocenters.